The van der Waals surface area contributed by atoms with E-state index in [9.17, 15) is 30.0 Å². The second-order valence-electron chi connectivity index (χ2n) is 7.52. The molecule has 2 heterocycles. The summed E-state index contributed by atoms with van der Waals surface area (Å²) < 4.78 is 93.5. The number of aromatic nitrogens is 1. The van der Waals surface area contributed by atoms with Crippen LogP contribution in [0.2, 0.25) is 0 Å². The van der Waals surface area contributed by atoms with Crippen LogP contribution in [0.15, 0.2) is 52.5 Å². The zero-order valence-corrected chi connectivity index (χ0v) is 17.8. The standard InChI is InChI=1S/C19H20F3NO5S2/c1-18(30(26,27)15-5-3-4-14(9-15)19(20,21)22)6-7-28-17(10-18)13-8-16(12-23-11-13)29(2,24)25/h3-5,8-9,11-12,17H,6-7,10H2,1-2H3/t17-,18+/m0/s1. The highest BCUT2D eigenvalue weighted by Gasteiger charge is 2.45. The van der Waals surface area contributed by atoms with Crippen molar-refractivity contribution in [3.05, 3.63) is 53.9 Å². The Morgan fingerprint density at radius 3 is 2.43 bits per heavy atom. The highest BCUT2D eigenvalue weighted by Crippen LogP contribution is 2.42. The molecule has 1 aromatic heterocycles. The van der Waals surface area contributed by atoms with Gasteiger partial charge in [0.05, 0.1) is 26.2 Å². The number of halogens is 3. The molecule has 1 aliphatic heterocycles. The quantitative estimate of drug-likeness (QED) is 0.688. The summed E-state index contributed by atoms with van der Waals surface area (Å²) in [4.78, 5) is 3.46. The number of hydrogen-bond donors (Lipinski definition) is 0. The van der Waals surface area contributed by atoms with Crippen molar-refractivity contribution in [1.82, 2.24) is 4.98 Å². The molecule has 6 nitrogen and oxygen atoms in total. The maximum Gasteiger partial charge on any atom is 0.416 e. The van der Waals surface area contributed by atoms with Gasteiger partial charge in [-0.2, -0.15) is 13.2 Å². The number of hydrogen-bond acceptors (Lipinski definition) is 6. The lowest BCUT2D eigenvalue weighted by molar-refractivity contribution is -0.137. The Labute approximate surface area is 172 Å². The lowest BCUT2D eigenvalue weighted by atomic mass is 9.93. The van der Waals surface area contributed by atoms with E-state index in [1.807, 2.05) is 0 Å². The molecule has 0 N–H and O–H groups in total. The first-order valence-electron chi connectivity index (χ1n) is 8.93. The van der Waals surface area contributed by atoms with Gasteiger partial charge in [0.1, 0.15) is 0 Å². The summed E-state index contributed by atoms with van der Waals surface area (Å²) in [5.41, 5.74) is -0.649. The SMILES string of the molecule is C[C@@]1(S(=O)(=O)c2cccc(C(F)(F)F)c2)CCO[C@H](c2cncc(S(C)(=O)=O)c2)C1. The van der Waals surface area contributed by atoms with Crippen molar-refractivity contribution in [3.8, 4) is 0 Å². The first-order valence-corrected chi connectivity index (χ1v) is 12.3. The van der Waals surface area contributed by atoms with Gasteiger partial charge in [-0.15, -0.1) is 0 Å². The first kappa shape index (κ1) is 22.7. The van der Waals surface area contributed by atoms with Gasteiger partial charge in [-0.1, -0.05) is 6.07 Å². The Kier molecular flexibility index (Phi) is 5.76. The molecule has 3 rings (SSSR count). The van der Waals surface area contributed by atoms with Crippen LogP contribution in [0.5, 0.6) is 0 Å². The lowest BCUT2D eigenvalue weighted by Crippen LogP contribution is -2.42. The molecule has 0 radical (unpaired) electrons. The van der Waals surface area contributed by atoms with Crippen LogP contribution in [0.4, 0.5) is 13.2 Å². The minimum Gasteiger partial charge on any atom is -0.373 e. The minimum absolute atomic E-state index is 0.0309. The van der Waals surface area contributed by atoms with Crippen LogP contribution in [0, 0.1) is 0 Å². The van der Waals surface area contributed by atoms with Crippen molar-refractivity contribution < 1.29 is 34.7 Å². The van der Waals surface area contributed by atoms with E-state index in [0.29, 0.717) is 11.6 Å². The fraction of sp³-hybridized carbons (Fsp3) is 0.421. The molecule has 164 valence electrons. The topological polar surface area (TPSA) is 90.4 Å². The van der Waals surface area contributed by atoms with E-state index >= 15 is 0 Å². The van der Waals surface area contributed by atoms with Crippen molar-refractivity contribution in [2.45, 2.75) is 46.6 Å². The predicted molar refractivity (Wildman–Crippen MR) is 102 cm³/mol. The molecular formula is C19H20F3NO5S2. The summed E-state index contributed by atoms with van der Waals surface area (Å²) in [6.45, 7) is 1.51. The highest BCUT2D eigenvalue weighted by molar-refractivity contribution is 7.92. The van der Waals surface area contributed by atoms with Gasteiger partial charge >= 0.3 is 6.18 Å². The minimum atomic E-state index is -4.66. The van der Waals surface area contributed by atoms with Crippen molar-refractivity contribution in [1.29, 1.82) is 0 Å². The fourth-order valence-electron chi connectivity index (χ4n) is 3.37. The van der Waals surface area contributed by atoms with Crippen LogP contribution in [-0.2, 0) is 30.6 Å². The molecular weight excluding hydrogens is 443 g/mol. The zero-order chi connectivity index (χ0) is 22.4. The summed E-state index contributed by atoms with van der Waals surface area (Å²) in [5.74, 6) is 0. The van der Waals surface area contributed by atoms with E-state index in [-0.39, 0.29) is 24.3 Å². The summed E-state index contributed by atoms with van der Waals surface area (Å²) in [5, 5.41) is 0. The molecule has 0 unspecified atom stereocenters. The van der Waals surface area contributed by atoms with E-state index in [2.05, 4.69) is 4.98 Å². The second kappa shape index (κ2) is 7.61. The number of benzene rings is 1. The Hall–Kier alpha value is -1.98. The Bertz CT molecular complexity index is 1160. The van der Waals surface area contributed by atoms with Crippen LogP contribution < -0.4 is 0 Å². The van der Waals surface area contributed by atoms with Gasteiger partial charge in [-0.05, 0) is 44.0 Å². The maximum absolute atomic E-state index is 13.3. The van der Waals surface area contributed by atoms with Crippen LogP contribution >= 0.6 is 0 Å². The van der Waals surface area contributed by atoms with E-state index in [1.54, 1.807) is 0 Å². The number of pyridine rings is 1. The lowest BCUT2D eigenvalue weighted by Gasteiger charge is -2.37. The Morgan fingerprint density at radius 1 is 1.10 bits per heavy atom. The maximum atomic E-state index is 13.3. The molecule has 2 aromatic rings. The average molecular weight is 463 g/mol. The van der Waals surface area contributed by atoms with Crippen molar-refractivity contribution in [3.63, 3.8) is 0 Å². The Balaban J connectivity index is 1.97. The van der Waals surface area contributed by atoms with E-state index < -0.39 is 47.2 Å². The molecule has 0 saturated carbocycles. The Morgan fingerprint density at radius 2 is 1.80 bits per heavy atom. The van der Waals surface area contributed by atoms with Crippen LogP contribution in [0.3, 0.4) is 0 Å². The first-order chi connectivity index (χ1) is 13.7. The van der Waals surface area contributed by atoms with Gasteiger partial charge in [0.25, 0.3) is 0 Å². The number of nitrogens with zero attached hydrogens (tertiary/aromatic N) is 1. The van der Waals surface area contributed by atoms with Crippen molar-refractivity contribution >= 4 is 19.7 Å². The van der Waals surface area contributed by atoms with E-state index in [1.165, 1.54) is 25.4 Å². The summed E-state index contributed by atoms with van der Waals surface area (Å²) in [6, 6.07) is 5.03. The average Bonchev–Trinajstić information content (AvgIpc) is 2.67. The number of ether oxygens (including phenoxy) is 1. The number of alkyl halides is 3. The third-order valence-corrected chi connectivity index (χ3v) is 8.84. The highest BCUT2D eigenvalue weighted by atomic mass is 32.2. The molecule has 2 atom stereocenters. The van der Waals surface area contributed by atoms with Gasteiger partial charge < -0.3 is 4.74 Å². The van der Waals surface area contributed by atoms with Gasteiger partial charge in [0.15, 0.2) is 19.7 Å². The van der Waals surface area contributed by atoms with Gasteiger partial charge in [-0.25, -0.2) is 16.8 Å². The predicted octanol–water partition coefficient (Wildman–Crippen LogP) is 3.59. The van der Waals surface area contributed by atoms with E-state index in [0.717, 1.165) is 24.5 Å². The van der Waals surface area contributed by atoms with Crippen LogP contribution in [0.1, 0.15) is 37.0 Å². The normalized spacial score (nSPS) is 23.3. The monoisotopic (exact) mass is 463 g/mol. The van der Waals surface area contributed by atoms with Gasteiger partial charge in [0.2, 0.25) is 0 Å². The molecule has 11 heteroatoms. The van der Waals surface area contributed by atoms with Crippen LogP contribution in [-0.4, -0.2) is 39.4 Å². The molecule has 0 amide bonds. The largest absolute Gasteiger partial charge is 0.416 e. The molecule has 1 fully saturated rings. The third-order valence-electron chi connectivity index (χ3n) is 5.22. The molecule has 30 heavy (non-hydrogen) atoms. The summed E-state index contributed by atoms with van der Waals surface area (Å²) in [7, 11) is -7.67. The van der Waals surface area contributed by atoms with Crippen LogP contribution in [0.25, 0.3) is 0 Å². The summed E-state index contributed by atoms with van der Waals surface area (Å²) in [6.07, 6.45) is -1.80. The van der Waals surface area contributed by atoms with Crippen molar-refractivity contribution in [2.75, 3.05) is 12.9 Å². The number of sulfone groups is 2. The second-order valence-corrected chi connectivity index (χ2v) is 12.0. The molecule has 1 saturated heterocycles. The van der Waals surface area contributed by atoms with Gasteiger partial charge in [0, 0.05) is 30.8 Å². The van der Waals surface area contributed by atoms with E-state index in [4.69, 9.17) is 4.74 Å². The molecule has 1 aliphatic rings. The number of rotatable bonds is 4. The van der Waals surface area contributed by atoms with Crippen molar-refractivity contribution in [2.24, 2.45) is 0 Å². The zero-order valence-electron chi connectivity index (χ0n) is 16.2. The molecule has 0 spiro atoms. The smallest absolute Gasteiger partial charge is 0.373 e. The van der Waals surface area contributed by atoms with Gasteiger partial charge in [-0.3, -0.25) is 4.98 Å². The molecule has 1 aromatic carbocycles. The summed E-state index contributed by atoms with van der Waals surface area (Å²) >= 11 is 0. The molecule has 0 bridgehead atoms. The third kappa shape index (κ3) is 4.37. The molecule has 0 aliphatic carbocycles. The fourth-order valence-corrected chi connectivity index (χ4v) is 5.80.